The Morgan fingerprint density at radius 2 is 1.79 bits per heavy atom. The lowest BCUT2D eigenvalue weighted by Gasteiger charge is -2.35. The molecule has 1 aromatic heterocycles. The number of hydrogen-bond donors (Lipinski definition) is 1. The van der Waals surface area contributed by atoms with Crippen LogP contribution in [0, 0.1) is 5.82 Å². The van der Waals surface area contributed by atoms with Gasteiger partial charge in [-0.1, -0.05) is 60.1 Å². The molecule has 0 aliphatic heterocycles. The van der Waals surface area contributed by atoms with Gasteiger partial charge in [-0.05, 0) is 59.2 Å². The lowest BCUT2D eigenvalue weighted by Crippen LogP contribution is -2.43. The maximum absolute atomic E-state index is 14.7. The molecule has 7 heteroatoms. The third kappa shape index (κ3) is 3.90. The Morgan fingerprint density at radius 3 is 2.52 bits per heavy atom. The summed E-state index contributed by atoms with van der Waals surface area (Å²) in [6.07, 6.45) is 0.916. The Balaban J connectivity index is 1.68. The minimum atomic E-state index is -1.01. The second kappa shape index (κ2) is 8.61. The molecule has 33 heavy (non-hydrogen) atoms. The molecule has 0 radical (unpaired) electrons. The van der Waals surface area contributed by atoms with Crippen LogP contribution in [0.2, 0.25) is 5.02 Å². The Bertz CT molecular complexity index is 1340. The van der Waals surface area contributed by atoms with E-state index in [9.17, 15) is 14.0 Å². The number of rotatable bonds is 5. The molecule has 1 heterocycles. The molecule has 0 spiro atoms. The van der Waals surface area contributed by atoms with Gasteiger partial charge in [-0.25, -0.2) is 4.39 Å². The number of primary amides is 1. The maximum atomic E-state index is 14.7. The molecule has 5 rings (SSSR count). The number of carbonyl (C=O) groups excluding carboxylic acids is 2. The van der Waals surface area contributed by atoms with Gasteiger partial charge in [0.1, 0.15) is 11.9 Å². The minimum absolute atomic E-state index is 0.253. The molecule has 166 valence electrons. The number of nitrogens with two attached hydrogens (primary N) is 1. The van der Waals surface area contributed by atoms with Crippen molar-refractivity contribution in [1.29, 1.82) is 0 Å². The smallest absolute Gasteiger partial charge is 0.265 e. The quantitative estimate of drug-likeness (QED) is 0.379. The molecule has 2 amide bonds. The number of benzene rings is 3. The summed E-state index contributed by atoms with van der Waals surface area (Å²) < 4.78 is 15.6. The van der Waals surface area contributed by atoms with E-state index >= 15 is 0 Å². The fourth-order valence-electron chi connectivity index (χ4n) is 4.66. The van der Waals surface area contributed by atoms with Crippen molar-refractivity contribution < 1.29 is 14.0 Å². The Morgan fingerprint density at radius 1 is 1.06 bits per heavy atom. The highest BCUT2D eigenvalue weighted by atomic mass is 35.5. The highest BCUT2D eigenvalue weighted by Crippen LogP contribution is 2.43. The molecule has 4 aromatic rings. The van der Waals surface area contributed by atoms with Gasteiger partial charge in [-0.15, -0.1) is 11.3 Å². The summed E-state index contributed by atoms with van der Waals surface area (Å²) in [5.74, 6) is -1.36. The number of fused-ring (bicyclic) bond motifs is 2. The molecule has 3 aromatic carbocycles. The molecule has 1 aliphatic carbocycles. The van der Waals surface area contributed by atoms with Gasteiger partial charge >= 0.3 is 0 Å². The summed E-state index contributed by atoms with van der Waals surface area (Å²) in [5, 5.41) is 1.20. The highest BCUT2D eigenvalue weighted by molar-refractivity contribution is 7.20. The third-order valence-electron chi connectivity index (χ3n) is 6.09. The topological polar surface area (TPSA) is 63.4 Å². The van der Waals surface area contributed by atoms with Crippen LogP contribution < -0.4 is 5.73 Å². The van der Waals surface area contributed by atoms with E-state index in [0.717, 1.165) is 10.1 Å². The SMILES string of the molecule is NC(=O)C(c1ccccc1)N(C(=O)c1cc2ccccc2s1)[C@@H]1CCc2c(F)cc(Cl)cc21. The van der Waals surface area contributed by atoms with E-state index in [0.29, 0.717) is 34.4 Å². The van der Waals surface area contributed by atoms with Crippen molar-refractivity contribution in [1.82, 2.24) is 4.90 Å². The zero-order chi connectivity index (χ0) is 23.1. The molecule has 4 nitrogen and oxygen atoms in total. The van der Waals surface area contributed by atoms with Gasteiger partial charge in [0.2, 0.25) is 5.91 Å². The highest BCUT2D eigenvalue weighted by Gasteiger charge is 2.40. The molecule has 0 bridgehead atoms. The first kappa shape index (κ1) is 21.6. The van der Waals surface area contributed by atoms with E-state index in [1.54, 1.807) is 30.3 Å². The molecule has 0 saturated carbocycles. The molecule has 1 aliphatic rings. The predicted molar refractivity (Wildman–Crippen MR) is 129 cm³/mol. The molecule has 1 unspecified atom stereocenters. The van der Waals surface area contributed by atoms with Crippen LogP contribution in [-0.2, 0) is 11.2 Å². The second-order valence-electron chi connectivity index (χ2n) is 8.09. The largest absolute Gasteiger partial charge is 0.368 e. The molecular formula is C26H20ClFN2O2S. The number of nitrogens with zero attached hydrogens (tertiary/aromatic N) is 1. The van der Waals surface area contributed by atoms with Crippen LogP contribution in [0.15, 0.2) is 72.8 Å². The number of carbonyl (C=O) groups is 2. The van der Waals surface area contributed by atoms with Gasteiger partial charge < -0.3 is 10.6 Å². The van der Waals surface area contributed by atoms with Crippen LogP contribution in [0.1, 0.15) is 44.9 Å². The molecular weight excluding hydrogens is 459 g/mol. The monoisotopic (exact) mass is 478 g/mol. The van der Waals surface area contributed by atoms with E-state index in [1.807, 2.05) is 36.4 Å². The fraction of sp³-hybridized carbons (Fsp3) is 0.154. The van der Waals surface area contributed by atoms with Gasteiger partial charge in [-0.2, -0.15) is 0 Å². The van der Waals surface area contributed by atoms with E-state index in [4.69, 9.17) is 17.3 Å². The van der Waals surface area contributed by atoms with E-state index in [-0.39, 0.29) is 10.9 Å². The summed E-state index contributed by atoms with van der Waals surface area (Å²) in [6, 6.07) is 19.9. The average molecular weight is 479 g/mol. The Kier molecular flexibility index (Phi) is 5.64. The number of amides is 2. The number of thiophene rings is 1. The molecule has 2 atom stereocenters. The first-order chi connectivity index (χ1) is 15.9. The Hall–Kier alpha value is -3.22. The summed E-state index contributed by atoms with van der Waals surface area (Å²) in [4.78, 5) is 28.8. The van der Waals surface area contributed by atoms with Crippen molar-refractivity contribution in [3.8, 4) is 0 Å². The van der Waals surface area contributed by atoms with Crippen molar-refractivity contribution in [2.45, 2.75) is 24.9 Å². The number of hydrogen-bond acceptors (Lipinski definition) is 3. The van der Waals surface area contributed by atoms with Gasteiger partial charge in [-0.3, -0.25) is 9.59 Å². The molecule has 0 saturated heterocycles. The standard InChI is InChI=1S/C26H20ClFN2O2S/c27-17-13-19-18(20(28)14-17)10-11-21(19)30(24(25(29)31)15-6-2-1-3-7-15)26(32)23-12-16-8-4-5-9-22(16)33-23/h1-9,12-14,21,24H,10-11H2,(H2,29,31)/t21-,24?/m1/s1. The average Bonchev–Trinajstić information content (AvgIpc) is 3.41. The van der Waals surface area contributed by atoms with Crippen molar-refractivity contribution in [2.24, 2.45) is 5.73 Å². The molecule has 0 fully saturated rings. The van der Waals surface area contributed by atoms with E-state index < -0.39 is 23.8 Å². The molecule has 2 N–H and O–H groups in total. The van der Waals surface area contributed by atoms with Crippen molar-refractivity contribution >= 4 is 44.8 Å². The van der Waals surface area contributed by atoms with E-state index in [1.165, 1.54) is 22.3 Å². The summed E-state index contributed by atoms with van der Waals surface area (Å²) in [7, 11) is 0. The van der Waals surface area contributed by atoms with E-state index in [2.05, 4.69) is 0 Å². The first-order valence-corrected chi connectivity index (χ1v) is 11.8. The predicted octanol–water partition coefficient (Wildman–Crippen LogP) is 6.05. The third-order valence-corrected chi connectivity index (χ3v) is 7.41. The van der Waals surface area contributed by atoms with Gasteiger partial charge in [0, 0.05) is 9.72 Å². The zero-order valence-corrected chi connectivity index (χ0v) is 19.1. The van der Waals surface area contributed by atoms with Crippen LogP contribution in [-0.4, -0.2) is 16.7 Å². The van der Waals surface area contributed by atoms with Gasteiger partial charge in [0.15, 0.2) is 0 Å². The lowest BCUT2D eigenvalue weighted by molar-refractivity contribution is -0.123. The van der Waals surface area contributed by atoms with Crippen molar-refractivity contribution in [3.05, 3.63) is 105 Å². The maximum Gasteiger partial charge on any atom is 0.265 e. The van der Waals surface area contributed by atoms with Crippen molar-refractivity contribution in [3.63, 3.8) is 0 Å². The van der Waals surface area contributed by atoms with Crippen LogP contribution in [0.25, 0.3) is 10.1 Å². The Labute approximate surface area is 199 Å². The second-order valence-corrected chi connectivity index (χ2v) is 9.61. The first-order valence-electron chi connectivity index (χ1n) is 10.6. The zero-order valence-electron chi connectivity index (χ0n) is 17.5. The lowest BCUT2D eigenvalue weighted by atomic mass is 9.99. The van der Waals surface area contributed by atoms with Crippen LogP contribution >= 0.6 is 22.9 Å². The summed E-state index contributed by atoms with van der Waals surface area (Å²) in [5.41, 5.74) is 7.63. The summed E-state index contributed by atoms with van der Waals surface area (Å²) in [6.45, 7) is 0. The normalized spacial score (nSPS) is 15.9. The summed E-state index contributed by atoms with van der Waals surface area (Å²) >= 11 is 7.54. The number of halogens is 2. The minimum Gasteiger partial charge on any atom is -0.368 e. The van der Waals surface area contributed by atoms with Gasteiger partial charge in [0.25, 0.3) is 5.91 Å². The van der Waals surface area contributed by atoms with Crippen LogP contribution in [0.3, 0.4) is 0 Å². The van der Waals surface area contributed by atoms with Crippen LogP contribution in [0.5, 0.6) is 0 Å². The van der Waals surface area contributed by atoms with Crippen LogP contribution in [0.4, 0.5) is 4.39 Å². The van der Waals surface area contributed by atoms with Crippen molar-refractivity contribution in [2.75, 3.05) is 0 Å². The van der Waals surface area contributed by atoms with Gasteiger partial charge in [0.05, 0.1) is 10.9 Å². The fourth-order valence-corrected chi connectivity index (χ4v) is 5.88.